The van der Waals surface area contributed by atoms with Crippen molar-refractivity contribution < 1.29 is 5.11 Å². The number of pyridine rings is 1. The molecule has 142 valence electrons. The van der Waals surface area contributed by atoms with Gasteiger partial charge in [0.15, 0.2) is 5.96 Å². The molecule has 1 aromatic rings. The van der Waals surface area contributed by atoms with Gasteiger partial charge in [-0.25, -0.2) is 4.99 Å². The summed E-state index contributed by atoms with van der Waals surface area (Å²) in [6.45, 7) is 6.62. The molecule has 3 N–H and O–H groups in total. The molecule has 1 aromatic heterocycles. The molecule has 1 aliphatic rings. The highest BCUT2D eigenvalue weighted by Crippen LogP contribution is 2.38. The molecule has 0 amide bonds. The van der Waals surface area contributed by atoms with Crippen molar-refractivity contribution in [2.24, 2.45) is 10.4 Å². The largest absolute Gasteiger partial charge is 0.396 e. The summed E-state index contributed by atoms with van der Waals surface area (Å²) >= 11 is 0. The Morgan fingerprint density at radius 1 is 1.24 bits per heavy atom. The Morgan fingerprint density at radius 2 is 2.00 bits per heavy atom. The van der Waals surface area contributed by atoms with Crippen LogP contribution in [0.3, 0.4) is 0 Å². The van der Waals surface area contributed by atoms with Crippen molar-refractivity contribution in [2.45, 2.75) is 58.9 Å². The fraction of sp³-hybridized carbons (Fsp3) is 0.684. The number of aliphatic hydroxyl groups excluding tert-OH is 1. The highest BCUT2D eigenvalue weighted by molar-refractivity contribution is 14.0. The first-order valence-corrected chi connectivity index (χ1v) is 9.23. The molecule has 0 saturated heterocycles. The maximum atomic E-state index is 9.45. The quantitative estimate of drug-likeness (QED) is 0.332. The molecule has 0 aliphatic heterocycles. The van der Waals surface area contributed by atoms with Crippen LogP contribution in [-0.4, -0.2) is 35.7 Å². The smallest absolute Gasteiger partial charge is 0.191 e. The Morgan fingerprint density at radius 3 is 2.64 bits per heavy atom. The van der Waals surface area contributed by atoms with Gasteiger partial charge >= 0.3 is 0 Å². The van der Waals surface area contributed by atoms with Gasteiger partial charge in [-0.2, -0.15) is 0 Å². The van der Waals surface area contributed by atoms with E-state index in [0.29, 0.717) is 6.54 Å². The number of aliphatic hydroxyl groups is 1. The van der Waals surface area contributed by atoms with E-state index in [1.165, 1.54) is 32.1 Å². The maximum absolute atomic E-state index is 9.45. The molecule has 0 atom stereocenters. The topological polar surface area (TPSA) is 69.5 Å². The van der Waals surface area contributed by atoms with Gasteiger partial charge in [-0.1, -0.05) is 25.3 Å². The van der Waals surface area contributed by atoms with Crippen LogP contribution in [0.15, 0.2) is 23.2 Å². The zero-order valence-electron chi connectivity index (χ0n) is 15.6. The van der Waals surface area contributed by atoms with Crippen molar-refractivity contribution in [3.63, 3.8) is 0 Å². The summed E-state index contributed by atoms with van der Waals surface area (Å²) in [4.78, 5) is 9.17. The first kappa shape index (κ1) is 22.2. The first-order chi connectivity index (χ1) is 11.7. The van der Waals surface area contributed by atoms with Gasteiger partial charge in [-0.3, -0.25) is 4.98 Å². The summed E-state index contributed by atoms with van der Waals surface area (Å²) in [5, 5.41) is 16.3. The lowest BCUT2D eigenvalue weighted by Gasteiger charge is -2.37. The van der Waals surface area contributed by atoms with Crippen LogP contribution in [0.25, 0.3) is 0 Å². The molecule has 0 unspecified atom stereocenters. The van der Waals surface area contributed by atoms with Gasteiger partial charge in [0.25, 0.3) is 0 Å². The van der Waals surface area contributed by atoms with E-state index in [2.05, 4.69) is 27.5 Å². The molecule has 2 rings (SSSR count). The zero-order valence-corrected chi connectivity index (χ0v) is 17.9. The number of rotatable bonds is 7. The standard InChI is InChI=1S/C19H32N4O.HI/c1-3-20-18(21-14-17-9-7-8-16(2)23-17)22-15-19(12-13-24)10-5-4-6-11-19;/h7-9,24H,3-6,10-15H2,1-2H3,(H2,20,21,22);1H. The first-order valence-electron chi connectivity index (χ1n) is 9.23. The lowest BCUT2D eigenvalue weighted by molar-refractivity contribution is 0.131. The molecule has 1 aliphatic carbocycles. The minimum atomic E-state index is 0. The van der Waals surface area contributed by atoms with E-state index < -0.39 is 0 Å². The maximum Gasteiger partial charge on any atom is 0.191 e. The van der Waals surface area contributed by atoms with Gasteiger partial charge in [0, 0.05) is 25.4 Å². The SMILES string of the molecule is CCNC(=NCc1cccc(C)n1)NCC1(CCO)CCCCC1.I. The number of halogens is 1. The van der Waals surface area contributed by atoms with E-state index in [9.17, 15) is 5.11 Å². The summed E-state index contributed by atoms with van der Waals surface area (Å²) in [6, 6.07) is 6.03. The van der Waals surface area contributed by atoms with Crippen LogP contribution in [0.2, 0.25) is 0 Å². The van der Waals surface area contributed by atoms with Crippen LogP contribution in [-0.2, 0) is 6.54 Å². The van der Waals surface area contributed by atoms with Crippen LogP contribution in [0.5, 0.6) is 0 Å². The zero-order chi connectivity index (χ0) is 17.3. The van der Waals surface area contributed by atoms with E-state index in [4.69, 9.17) is 0 Å². The van der Waals surface area contributed by atoms with Crippen molar-refractivity contribution >= 4 is 29.9 Å². The molecular weight excluding hydrogens is 427 g/mol. The lowest BCUT2D eigenvalue weighted by Crippen LogP contribution is -2.45. The number of hydrogen-bond donors (Lipinski definition) is 3. The second-order valence-corrected chi connectivity index (χ2v) is 6.85. The normalized spacial score (nSPS) is 16.8. The summed E-state index contributed by atoms with van der Waals surface area (Å²) in [5.74, 6) is 0.837. The van der Waals surface area contributed by atoms with Crippen LogP contribution < -0.4 is 10.6 Å². The van der Waals surface area contributed by atoms with Crippen molar-refractivity contribution in [1.29, 1.82) is 0 Å². The average molecular weight is 460 g/mol. The fourth-order valence-corrected chi connectivity index (χ4v) is 3.51. The Labute approximate surface area is 169 Å². The Bertz CT molecular complexity index is 524. The van der Waals surface area contributed by atoms with Gasteiger partial charge in [-0.05, 0) is 50.7 Å². The summed E-state index contributed by atoms with van der Waals surface area (Å²) in [7, 11) is 0. The van der Waals surface area contributed by atoms with Gasteiger partial charge < -0.3 is 15.7 Å². The third kappa shape index (κ3) is 7.48. The lowest BCUT2D eigenvalue weighted by atomic mass is 9.72. The van der Waals surface area contributed by atoms with Gasteiger partial charge in [0.05, 0.1) is 12.2 Å². The van der Waals surface area contributed by atoms with Crippen LogP contribution in [0, 0.1) is 12.3 Å². The molecule has 6 heteroatoms. The van der Waals surface area contributed by atoms with Crippen LogP contribution in [0.1, 0.15) is 56.8 Å². The number of guanidine groups is 1. The number of aryl methyl sites for hydroxylation is 1. The number of hydrogen-bond acceptors (Lipinski definition) is 3. The molecule has 25 heavy (non-hydrogen) atoms. The highest BCUT2D eigenvalue weighted by Gasteiger charge is 2.31. The molecule has 0 radical (unpaired) electrons. The van der Waals surface area contributed by atoms with E-state index in [1.54, 1.807) is 0 Å². The number of aromatic nitrogens is 1. The van der Waals surface area contributed by atoms with Crippen molar-refractivity contribution in [3.05, 3.63) is 29.6 Å². The van der Waals surface area contributed by atoms with E-state index in [0.717, 1.165) is 36.9 Å². The molecule has 0 spiro atoms. The molecule has 1 fully saturated rings. The molecule has 0 aromatic carbocycles. The second-order valence-electron chi connectivity index (χ2n) is 6.85. The molecular formula is C19H33IN4O. The predicted molar refractivity (Wildman–Crippen MR) is 114 cm³/mol. The third-order valence-corrected chi connectivity index (χ3v) is 4.88. The van der Waals surface area contributed by atoms with Gasteiger partial charge in [-0.15, -0.1) is 24.0 Å². The average Bonchev–Trinajstić information content (AvgIpc) is 2.59. The van der Waals surface area contributed by atoms with E-state index >= 15 is 0 Å². The summed E-state index contributed by atoms with van der Waals surface area (Å²) < 4.78 is 0. The molecule has 0 bridgehead atoms. The number of nitrogens with zero attached hydrogens (tertiary/aromatic N) is 2. The summed E-state index contributed by atoms with van der Waals surface area (Å²) in [6.07, 6.45) is 7.11. The monoisotopic (exact) mass is 460 g/mol. The fourth-order valence-electron chi connectivity index (χ4n) is 3.51. The minimum absolute atomic E-state index is 0. The van der Waals surface area contributed by atoms with E-state index in [1.807, 2.05) is 25.1 Å². The Hall–Kier alpha value is -0.890. The molecule has 1 saturated carbocycles. The van der Waals surface area contributed by atoms with Crippen LogP contribution >= 0.6 is 24.0 Å². The minimum Gasteiger partial charge on any atom is -0.396 e. The van der Waals surface area contributed by atoms with Crippen LogP contribution in [0.4, 0.5) is 0 Å². The Kier molecular flexibility index (Phi) is 10.3. The van der Waals surface area contributed by atoms with Crippen molar-refractivity contribution in [3.8, 4) is 0 Å². The highest BCUT2D eigenvalue weighted by atomic mass is 127. The van der Waals surface area contributed by atoms with Gasteiger partial charge in [0.1, 0.15) is 0 Å². The summed E-state index contributed by atoms with van der Waals surface area (Å²) in [5.41, 5.74) is 2.21. The number of aliphatic imine (C=N–C) groups is 1. The number of nitrogens with one attached hydrogen (secondary N) is 2. The molecule has 5 nitrogen and oxygen atoms in total. The molecule has 1 heterocycles. The van der Waals surface area contributed by atoms with Crippen molar-refractivity contribution in [2.75, 3.05) is 19.7 Å². The Balaban J connectivity index is 0.00000312. The van der Waals surface area contributed by atoms with Crippen molar-refractivity contribution in [1.82, 2.24) is 15.6 Å². The van der Waals surface area contributed by atoms with E-state index in [-0.39, 0.29) is 36.0 Å². The van der Waals surface area contributed by atoms with Gasteiger partial charge in [0.2, 0.25) is 0 Å². The second kappa shape index (κ2) is 11.7. The third-order valence-electron chi connectivity index (χ3n) is 4.88. The predicted octanol–water partition coefficient (Wildman–Crippen LogP) is 3.40.